The van der Waals surface area contributed by atoms with Crippen molar-refractivity contribution in [2.45, 2.75) is 38.1 Å². The van der Waals surface area contributed by atoms with Crippen LogP contribution in [0, 0.1) is 0 Å². The summed E-state index contributed by atoms with van der Waals surface area (Å²) in [6.07, 6.45) is 5.45. The third-order valence-electron chi connectivity index (χ3n) is 4.81. The molecule has 1 N–H and O–H groups in total. The first-order chi connectivity index (χ1) is 10.3. The molecule has 4 nitrogen and oxygen atoms in total. The zero-order valence-corrected chi connectivity index (χ0v) is 12.0. The van der Waals surface area contributed by atoms with E-state index in [0.717, 1.165) is 37.2 Å². The first-order valence-electron chi connectivity index (χ1n) is 7.68. The number of aryl methyl sites for hydroxylation is 1. The van der Waals surface area contributed by atoms with Gasteiger partial charge in [-0.15, -0.1) is 0 Å². The van der Waals surface area contributed by atoms with Crippen LogP contribution < -0.4 is 0 Å². The summed E-state index contributed by atoms with van der Waals surface area (Å²) in [7, 11) is 0. The lowest BCUT2D eigenvalue weighted by molar-refractivity contribution is -0.132. The van der Waals surface area contributed by atoms with Crippen molar-refractivity contribution in [2.24, 2.45) is 0 Å². The van der Waals surface area contributed by atoms with E-state index in [4.69, 9.17) is 0 Å². The van der Waals surface area contributed by atoms with E-state index >= 15 is 0 Å². The Morgan fingerprint density at radius 2 is 2.24 bits per heavy atom. The minimum absolute atomic E-state index is 0.275. The maximum atomic E-state index is 12.6. The Bertz CT molecular complexity index is 676. The summed E-state index contributed by atoms with van der Waals surface area (Å²) in [6, 6.07) is 8.55. The number of amides is 1. The Kier molecular flexibility index (Phi) is 3.02. The predicted molar refractivity (Wildman–Crippen MR) is 79.8 cm³/mol. The molecular formula is C17H19N3O. The van der Waals surface area contributed by atoms with Gasteiger partial charge in [0.1, 0.15) is 0 Å². The Morgan fingerprint density at radius 1 is 1.33 bits per heavy atom. The smallest absolute Gasteiger partial charge is 0.223 e. The number of hydrogen-bond acceptors (Lipinski definition) is 2. The minimum Gasteiger partial charge on any atom is -0.347 e. The van der Waals surface area contributed by atoms with Crippen LogP contribution in [0.25, 0.3) is 0 Å². The van der Waals surface area contributed by atoms with Gasteiger partial charge in [-0.2, -0.15) is 0 Å². The number of nitrogens with zero attached hydrogens (tertiary/aromatic N) is 2. The molecule has 1 atom stereocenters. The topological polar surface area (TPSA) is 49.0 Å². The molecule has 2 aromatic rings. The van der Waals surface area contributed by atoms with Gasteiger partial charge >= 0.3 is 0 Å². The number of aromatic nitrogens is 2. The van der Waals surface area contributed by atoms with Gasteiger partial charge in [-0.3, -0.25) is 4.79 Å². The standard InChI is InChI=1S/C17H19N3O/c21-17(20-8-7-15-16(10-20)19-11-18-15)9-13-6-5-12-3-1-2-4-14(12)13/h1-4,11,13H,5-10H2,(H,18,19)/t13-/m1/s1. The van der Waals surface area contributed by atoms with Gasteiger partial charge in [-0.05, 0) is 29.9 Å². The summed E-state index contributed by atoms with van der Waals surface area (Å²) in [4.78, 5) is 22.0. The van der Waals surface area contributed by atoms with E-state index in [1.54, 1.807) is 6.33 Å². The number of hydrogen-bond donors (Lipinski definition) is 1. The molecule has 1 aromatic carbocycles. The first kappa shape index (κ1) is 12.6. The van der Waals surface area contributed by atoms with E-state index in [2.05, 4.69) is 34.2 Å². The predicted octanol–water partition coefficient (Wildman–Crippen LogP) is 2.41. The van der Waals surface area contributed by atoms with Crippen LogP contribution in [0.4, 0.5) is 0 Å². The largest absolute Gasteiger partial charge is 0.347 e. The van der Waals surface area contributed by atoms with E-state index in [-0.39, 0.29) is 5.91 Å². The number of H-pyrrole nitrogens is 1. The molecule has 1 aromatic heterocycles. The average Bonchev–Trinajstić information content (AvgIpc) is 3.13. The number of aromatic amines is 1. The molecule has 0 radical (unpaired) electrons. The minimum atomic E-state index is 0.275. The van der Waals surface area contributed by atoms with Crippen molar-refractivity contribution in [2.75, 3.05) is 6.54 Å². The molecule has 0 bridgehead atoms. The summed E-state index contributed by atoms with van der Waals surface area (Å²) in [6.45, 7) is 1.48. The van der Waals surface area contributed by atoms with Crippen LogP contribution in [0.3, 0.4) is 0 Å². The normalized spacial score (nSPS) is 20.2. The Hall–Kier alpha value is -2.10. The summed E-state index contributed by atoms with van der Waals surface area (Å²) < 4.78 is 0. The van der Waals surface area contributed by atoms with E-state index in [1.807, 2.05) is 4.90 Å². The molecule has 108 valence electrons. The molecule has 0 fully saturated rings. The molecule has 21 heavy (non-hydrogen) atoms. The molecule has 0 saturated carbocycles. The molecule has 4 heteroatoms. The third-order valence-corrected chi connectivity index (χ3v) is 4.81. The van der Waals surface area contributed by atoms with Gasteiger partial charge in [0.25, 0.3) is 0 Å². The lowest BCUT2D eigenvalue weighted by atomic mass is 9.97. The number of fused-ring (bicyclic) bond motifs is 2. The van der Waals surface area contributed by atoms with E-state index in [9.17, 15) is 4.79 Å². The Morgan fingerprint density at radius 3 is 3.19 bits per heavy atom. The number of benzene rings is 1. The van der Waals surface area contributed by atoms with E-state index < -0.39 is 0 Å². The van der Waals surface area contributed by atoms with Crippen LogP contribution in [0.2, 0.25) is 0 Å². The van der Waals surface area contributed by atoms with Gasteiger partial charge < -0.3 is 9.88 Å². The summed E-state index contributed by atoms with van der Waals surface area (Å²) in [5.41, 5.74) is 5.02. The van der Waals surface area contributed by atoms with Crippen molar-refractivity contribution < 1.29 is 4.79 Å². The van der Waals surface area contributed by atoms with Crippen LogP contribution >= 0.6 is 0 Å². The van der Waals surface area contributed by atoms with Gasteiger partial charge in [-0.1, -0.05) is 24.3 Å². The van der Waals surface area contributed by atoms with Crippen molar-refractivity contribution in [3.05, 3.63) is 53.1 Å². The molecule has 2 aliphatic rings. The Balaban J connectivity index is 1.46. The van der Waals surface area contributed by atoms with Crippen molar-refractivity contribution in [1.82, 2.24) is 14.9 Å². The fourth-order valence-electron chi connectivity index (χ4n) is 3.62. The molecule has 2 heterocycles. The Labute approximate surface area is 124 Å². The zero-order chi connectivity index (χ0) is 14.2. The van der Waals surface area contributed by atoms with Crippen LogP contribution in [-0.4, -0.2) is 27.3 Å². The number of carbonyl (C=O) groups excluding carboxylic acids is 1. The lowest BCUT2D eigenvalue weighted by Crippen LogP contribution is -2.36. The molecule has 1 aliphatic heterocycles. The quantitative estimate of drug-likeness (QED) is 0.919. The molecule has 1 aliphatic carbocycles. The lowest BCUT2D eigenvalue weighted by Gasteiger charge is -2.27. The maximum absolute atomic E-state index is 12.6. The van der Waals surface area contributed by atoms with Crippen molar-refractivity contribution in [1.29, 1.82) is 0 Å². The molecule has 4 rings (SSSR count). The monoisotopic (exact) mass is 281 g/mol. The highest BCUT2D eigenvalue weighted by Gasteiger charge is 2.28. The van der Waals surface area contributed by atoms with Gasteiger partial charge in [0.15, 0.2) is 0 Å². The second kappa shape index (κ2) is 5.02. The fraction of sp³-hybridized carbons (Fsp3) is 0.412. The molecular weight excluding hydrogens is 262 g/mol. The van der Waals surface area contributed by atoms with Crippen LogP contribution in [-0.2, 0) is 24.2 Å². The number of imidazole rings is 1. The second-order valence-corrected chi connectivity index (χ2v) is 6.03. The van der Waals surface area contributed by atoms with Crippen molar-refractivity contribution in [3.63, 3.8) is 0 Å². The average molecular weight is 281 g/mol. The van der Waals surface area contributed by atoms with Gasteiger partial charge in [0, 0.05) is 19.4 Å². The van der Waals surface area contributed by atoms with Gasteiger partial charge in [0.05, 0.1) is 24.3 Å². The van der Waals surface area contributed by atoms with Crippen LogP contribution in [0.15, 0.2) is 30.6 Å². The maximum Gasteiger partial charge on any atom is 0.223 e. The van der Waals surface area contributed by atoms with Crippen molar-refractivity contribution in [3.8, 4) is 0 Å². The molecule has 1 amide bonds. The zero-order valence-electron chi connectivity index (χ0n) is 12.0. The highest BCUT2D eigenvalue weighted by molar-refractivity contribution is 5.77. The summed E-state index contributed by atoms with van der Waals surface area (Å²) in [5, 5.41) is 0. The SMILES string of the molecule is O=C(C[C@H]1CCc2ccccc21)N1CCc2nc[nH]c2C1. The second-order valence-electron chi connectivity index (χ2n) is 6.03. The highest BCUT2D eigenvalue weighted by atomic mass is 16.2. The van der Waals surface area contributed by atoms with Gasteiger partial charge in [0.2, 0.25) is 5.91 Å². The van der Waals surface area contributed by atoms with E-state index in [0.29, 0.717) is 18.9 Å². The number of rotatable bonds is 2. The third kappa shape index (κ3) is 2.24. The molecule has 0 saturated heterocycles. The molecule has 0 spiro atoms. The van der Waals surface area contributed by atoms with Crippen molar-refractivity contribution >= 4 is 5.91 Å². The summed E-state index contributed by atoms with van der Waals surface area (Å²) in [5.74, 6) is 0.675. The van der Waals surface area contributed by atoms with Crippen LogP contribution in [0.1, 0.15) is 41.3 Å². The van der Waals surface area contributed by atoms with E-state index in [1.165, 1.54) is 11.1 Å². The molecule has 0 unspecified atom stereocenters. The fourth-order valence-corrected chi connectivity index (χ4v) is 3.62. The number of carbonyl (C=O) groups is 1. The highest BCUT2D eigenvalue weighted by Crippen LogP contribution is 2.35. The number of nitrogens with one attached hydrogen (secondary N) is 1. The van der Waals surface area contributed by atoms with Gasteiger partial charge in [-0.25, -0.2) is 4.98 Å². The first-order valence-corrected chi connectivity index (χ1v) is 7.68. The summed E-state index contributed by atoms with van der Waals surface area (Å²) >= 11 is 0. The van der Waals surface area contributed by atoms with Crippen LogP contribution in [0.5, 0.6) is 0 Å².